The van der Waals surface area contributed by atoms with Gasteiger partial charge in [0.2, 0.25) is 11.8 Å². The van der Waals surface area contributed by atoms with E-state index in [1.165, 1.54) is 17.8 Å². The van der Waals surface area contributed by atoms with E-state index in [-0.39, 0.29) is 18.4 Å². The van der Waals surface area contributed by atoms with Crippen molar-refractivity contribution in [2.45, 2.75) is 13.5 Å². The van der Waals surface area contributed by atoms with Gasteiger partial charge in [-0.2, -0.15) is 0 Å². The molecule has 8 heteroatoms. The van der Waals surface area contributed by atoms with Gasteiger partial charge in [0.25, 0.3) is 0 Å². The second-order valence-corrected chi connectivity index (χ2v) is 4.47. The molecule has 0 fully saturated rings. The minimum Gasteiger partial charge on any atom is -0.324 e. The maximum Gasteiger partial charge on any atom is 0.246 e. The topological polar surface area (TPSA) is 88.9 Å². The number of nitrogens with zero attached hydrogens (tertiary/aromatic N) is 3. The maximum atomic E-state index is 11.8. The first kappa shape index (κ1) is 14.0. The molecule has 0 aliphatic heterocycles. The highest BCUT2D eigenvalue weighted by Gasteiger charge is 2.07. The van der Waals surface area contributed by atoms with E-state index < -0.39 is 0 Å². The summed E-state index contributed by atoms with van der Waals surface area (Å²) < 4.78 is 1.33. The van der Waals surface area contributed by atoms with Crippen LogP contribution in [0.1, 0.15) is 6.92 Å². The molecule has 20 heavy (non-hydrogen) atoms. The Morgan fingerprint density at radius 2 is 1.95 bits per heavy atom. The Kier molecular flexibility index (Phi) is 4.31. The van der Waals surface area contributed by atoms with Crippen LogP contribution in [-0.2, 0) is 16.1 Å². The Morgan fingerprint density at radius 1 is 1.25 bits per heavy atom. The van der Waals surface area contributed by atoms with Crippen molar-refractivity contribution in [1.82, 2.24) is 15.0 Å². The van der Waals surface area contributed by atoms with Gasteiger partial charge in [-0.15, -0.1) is 5.10 Å². The van der Waals surface area contributed by atoms with Crippen LogP contribution in [0.4, 0.5) is 11.5 Å². The van der Waals surface area contributed by atoms with Crippen LogP contribution >= 0.6 is 11.6 Å². The predicted octanol–water partition coefficient (Wildman–Crippen LogP) is 1.53. The van der Waals surface area contributed by atoms with Gasteiger partial charge in [-0.25, -0.2) is 4.68 Å². The van der Waals surface area contributed by atoms with E-state index in [4.69, 9.17) is 11.6 Å². The van der Waals surface area contributed by atoms with Gasteiger partial charge in [0.05, 0.1) is 6.20 Å². The van der Waals surface area contributed by atoms with Gasteiger partial charge < -0.3 is 10.6 Å². The van der Waals surface area contributed by atoms with Crippen LogP contribution in [0.2, 0.25) is 5.02 Å². The normalized spacial score (nSPS) is 10.1. The fourth-order valence-corrected chi connectivity index (χ4v) is 1.62. The average Bonchev–Trinajstić information content (AvgIpc) is 2.78. The van der Waals surface area contributed by atoms with E-state index >= 15 is 0 Å². The number of anilines is 2. The Hall–Kier alpha value is -2.41. The summed E-state index contributed by atoms with van der Waals surface area (Å²) in [4.78, 5) is 22.6. The summed E-state index contributed by atoms with van der Waals surface area (Å²) in [5, 5.41) is 13.2. The molecule has 2 aromatic rings. The van der Waals surface area contributed by atoms with E-state index in [0.29, 0.717) is 16.5 Å². The molecule has 0 bridgehead atoms. The van der Waals surface area contributed by atoms with Crippen LogP contribution in [0, 0.1) is 0 Å². The zero-order valence-corrected chi connectivity index (χ0v) is 11.4. The molecular weight excluding hydrogens is 282 g/mol. The lowest BCUT2D eigenvalue weighted by atomic mass is 10.3. The van der Waals surface area contributed by atoms with Crippen LogP contribution in [0.5, 0.6) is 0 Å². The highest BCUT2D eigenvalue weighted by Crippen LogP contribution is 2.13. The number of carbonyl (C=O) groups excluding carboxylic acids is 2. The molecule has 0 saturated carbocycles. The molecule has 0 unspecified atom stereocenters. The molecule has 0 saturated heterocycles. The third-order valence-electron chi connectivity index (χ3n) is 2.28. The molecular formula is C12H12ClN5O2. The Morgan fingerprint density at radius 3 is 2.60 bits per heavy atom. The summed E-state index contributed by atoms with van der Waals surface area (Å²) in [5.74, 6) is -0.203. The first-order valence-corrected chi connectivity index (χ1v) is 6.14. The van der Waals surface area contributed by atoms with Crippen LogP contribution in [0.25, 0.3) is 0 Å². The van der Waals surface area contributed by atoms with E-state index in [0.717, 1.165) is 0 Å². The van der Waals surface area contributed by atoms with Crippen molar-refractivity contribution in [2.24, 2.45) is 0 Å². The minimum absolute atomic E-state index is 0.00475. The number of aromatic nitrogens is 3. The van der Waals surface area contributed by atoms with Gasteiger partial charge in [-0.05, 0) is 24.3 Å². The van der Waals surface area contributed by atoms with Gasteiger partial charge in [-0.3, -0.25) is 9.59 Å². The number of rotatable bonds is 4. The van der Waals surface area contributed by atoms with Crippen molar-refractivity contribution in [1.29, 1.82) is 0 Å². The maximum absolute atomic E-state index is 11.8. The lowest BCUT2D eigenvalue weighted by molar-refractivity contribution is -0.117. The molecule has 7 nitrogen and oxygen atoms in total. The number of carbonyl (C=O) groups is 2. The number of amides is 2. The quantitative estimate of drug-likeness (QED) is 0.894. The molecule has 0 aliphatic rings. The fourth-order valence-electron chi connectivity index (χ4n) is 1.49. The largest absolute Gasteiger partial charge is 0.324 e. The molecule has 0 atom stereocenters. The highest BCUT2D eigenvalue weighted by atomic mass is 35.5. The van der Waals surface area contributed by atoms with Crippen LogP contribution in [-0.4, -0.2) is 26.8 Å². The summed E-state index contributed by atoms with van der Waals surface area (Å²) in [7, 11) is 0. The molecule has 1 heterocycles. The van der Waals surface area contributed by atoms with E-state index in [2.05, 4.69) is 20.9 Å². The van der Waals surface area contributed by atoms with Crippen molar-refractivity contribution in [2.75, 3.05) is 10.6 Å². The second-order valence-electron chi connectivity index (χ2n) is 4.04. The smallest absolute Gasteiger partial charge is 0.246 e. The summed E-state index contributed by atoms with van der Waals surface area (Å²) in [5.41, 5.74) is 0.640. The van der Waals surface area contributed by atoms with Crippen LogP contribution < -0.4 is 10.6 Å². The summed E-state index contributed by atoms with van der Waals surface area (Å²) in [6, 6.07) is 6.76. The van der Waals surface area contributed by atoms with Crippen molar-refractivity contribution in [3.8, 4) is 0 Å². The van der Waals surface area contributed by atoms with Crippen LogP contribution in [0.15, 0.2) is 30.5 Å². The Balaban J connectivity index is 1.92. The summed E-state index contributed by atoms with van der Waals surface area (Å²) in [6.45, 7) is 1.36. The third kappa shape index (κ3) is 4.06. The second kappa shape index (κ2) is 6.16. The van der Waals surface area contributed by atoms with Gasteiger partial charge in [0.1, 0.15) is 6.54 Å². The number of hydrogen-bond acceptors (Lipinski definition) is 4. The highest BCUT2D eigenvalue weighted by molar-refractivity contribution is 6.30. The first-order chi connectivity index (χ1) is 9.52. The number of benzene rings is 1. The van der Waals surface area contributed by atoms with Gasteiger partial charge in [0, 0.05) is 17.6 Å². The summed E-state index contributed by atoms with van der Waals surface area (Å²) >= 11 is 5.75. The average molecular weight is 294 g/mol. The fraction of sp³-hybridized carbons (Fsp3) is 0.167. The van der Waals surface area contributed by atoms with Crippen molar-refractivity contribution in [3.05, 3.63) is 35.5 Å². The Bertz CT molecular complexity index is 623. The van der Waals surface area contributed by atoms with E-state index in [1.807, 2.05) is 0 Å². The summed E-state index contributed by atoms with van der Waals surface area (Å²) in [6.07, 6.45) is 1.48. The molecule has 2 amide bonds. The monoisotopic (exact) mass is 293 g/mol. The van der Waals surface area contributed by atoms with Crippen molar-refractivity contribution >= 4 is 34.9 Å². The van der Waals surface area contributed by atoms with E-state index in [9.17, 15) is 9.59 Å². The third-order valence-corrected chi connectivity index (χ3v) is 2.53. The number of nitrogens with one attached hydrogen (secondary N) is 2. The molecule has 0 spiro atoms. The van der Waals surface area contributed by atoms with Gasteiger partial charge in [0.15, 0.2) is 5.82 Å². The van der Waals surface area contributed by atoms with Gasteiger partial charge >= 0.3 is 0 Å². The number of hydrogen-bond donors (Lipinski definition) is 2. The first-order valence-electron chi connectivity index (χ1n) is 5.76. The molecule has 0 radical (unpaired) electrons. The molecule has 1 aromatic heterocycles. The van der Waals surface area contributed by atoms with Gasteiger partial charge in [-0.1, -0.05) is 16.8 Å². The lowest BCUT2D eigenvalue weighted by Gasteiger charge is -2.04. The Labute approximate surface area is 119 Å². The minimum atomic E-state index is -0.258. The standard InChI is InChI=1S/C12H12ClN5O2/c1-8(19)14-11-6-18(17-16-11)7-12(20)15-10-4-2-9(13)3-5-10/h2-6H,7H2,1H3,(H,14,19)(H,15,20). The predicted molar refractivity (Wildman–Crippen MR) is 74.4 cm³/mol. The molecule has 1 aromatic carbocycles. The zero-order valence-electron chi connectivity index (χ0n) is 10.6. The van der Waals surface area contributed by atoms with E-state index in [1.54, 1.807) is 24.3 Å². The lowest BCUT2D eigenvalue weighted by Crippen LogP contribution is -2.19. The van der Waals surface area contributed by atoms with Crippen molar-refractivity contribution in [3.63, 3.8) is 0 Å². The van der Waals surface area contributed by atoms with Crippen molar-refractivity contribution < 1.29 is 9.59 Å². The number of halogens is 1. The molecule has 2 rings (SSSR count). The molecule has 2 N–H and O–H groups in total. The van der Waals surface area contributed by atoms with Crippen LogP contribution in [0.3, 0.4) is 0 Å². The SMILES string of the molecule is CC(=O)Nc1cn(CC(=O)Nc2ccc(Cl)cc2)nn1. The molecule has 0 aliphatic carbocycles. The zero-order chi connectivity index (χ0) is 14.5. The molecule has 104 valence electrons.